The molecule has 0 aromatic heterocycles. The van der Waals surface area contributed by atoms with Gasteiger partial charge in [0.2, 0.25) is 5.91 Å². The number of fused-ring (bicyclic) bond motifs is 1. The average molecular weight is 485 g/mol. The van der Waals surface area contributed by atoms with Crippen LogP contribution in [0.3, 0.4) is 0 Å². The van der Waals surface area contributed by atoms with Crippen LogP contribution in [0.5, 0.6) is 5.75 Å². The van der Waals surface area contributed by atoms with Crippen LogP contribution in [-0.2, 0) is 22.6 Å². The topological polar surface area (TPSA) is 58.6 Å². The van der Waals surface area contributed by atoms with Crippen LogP contribution in [0.1, 0.15) is 61.9 Å². The Labute approximate surface area is 214 Å². The number of carbonyl (C=O) groups is 2. The number of benzene rings is 3. The van der Waals surface area contributed by atoms with Gasteiger partial charge in [-0.15, -0.1) is 0 Å². The SMILES string of the molecule is CC[C@@H](Oc1ccc2c(c1)[C@H](c1ccccc1)N(C(=O)CC(C)C)CC2)C(=O)NCc1ccccc1. The maximum atomic E-state index is 13.2. The van der Waals surface area contributed by atoms with Gasteiger partial charge in [0.15, 0.2) is 6.10 Å². The summed E-state index contributed by atoms with van der Waals surface area (Å²) in [5.41, 5.74) is 4.42. The minimum Gasteiger partial charge on any atom is -0.481 e. The van der Waals surface area contributed by atoms with Crippen LogP contribution in [0.15, 0.2) is 78.9 Å². The quantitative estimate of drug-likeness (QED) is 0.425. The third-order valence-corrected chi connectivity index (χ3v) is 6.62. The Balaban J connectivity index is 1.57. The van der Waals surface area contributed by atoms with Gasteiger partial charge in [-0.05, 0) is 53.1 Å². The van der Waals surface area contributed by atoms with Gasteiger partial charge in [0, 0.05) is 19.5 Å². The van der Waals surface area contributed by atoms with Crippen LogP contribution in [0.4, 0.5) is 0 Å². The first-order valence-electron chi connectivity index (χ1n) is 12.9. The molecule has 3 aromatic carbocycles. The van der Waals surface area contributed by atoms with Crippen molar-refractivity contribution in [3.8, 4) is 5.75 Å². The molecule has 0 fully saturated rings. The zero-order valence-corrected chi connectivity index (χ0v) is 21.4. The smallest absolute Gasteiger partial charge is 0.261 e. The van der Waals surface area contributed by atoms with Crippen molar-refractivity contribution in [1.29, 1.82) is 0 Å². The summed E-state index contributed by atoms with van der Waals surface area (Å²) in [6, 6.07) is 25.9. The third-order valence-electron chi connectivity index (χ3n) is 6.62. The molecule has 0 unspecified atom stereocenters. The molecule has 5 nitrogen and oxygen atoms in total. The summed E-state index contributed by atoms with van der Waals surface area (Å²) in [5.74, 6) is 0.981. The molecular weight excluding hydrogens is 448 g/mol. The van der Waals surface area contributed by atoms with E-state index in [2.05, 4.69) is 37.4 Å². The Morgan fingerprint density at radius 1 is 1.00 bits per heavy atom. The van der Waals surface area contributed by atoms with Gasteiger partial charge in [-0.1, -0.05) is 87.5 Å². The fraction of sp³-hybridized carbons (Fsp3) is 0.355. The molecule has 4 rings (SSSR count). The molecule has 1 aliphatic heterocycles. The maximum absolute atomic E-state index is 13.2. The Bertz CT molecular complexity index is 1160. The molecule has 0 aliphatic carbocycles. The standard InChI is InChI=1S/C31H36N2O3/c1-4-28(31(35)32-21-23-11-7-5-8-12-23)36-26-16-15-24-17-18-33(29(34)19-22(2)3)30(27(24)20-26)25-13-9-6-10-14-25/h5-16,20,22,28,30H,4,17-19,21H2,1-3H3,(H,32,35)/t28-,30+/m1/s1. The lowest BCUT2D eigenvalue weighted by Gasteiger charge is -2.38. The van der Waals surface area contributed by atoms with E-state index < -0.39 is 6.10 Å². The first-order chi connectivity index (χ1) is 17.5. The summed E-state index contributed by atoms with van der Waals surface area (Å²) >= 11 is 0. The molecule has 0 radical (unpaired) electrons. The maximum Gasteiger partial charge on any atom is 0.261 e. The number of rotatable bonds is 9. The highest BCUT2D eigenvalue weighted by Crippen LogP contribution is 2.38. The van der Waals surface area contributed by atoms with Crippen molar-refractivity contribution in [2.45, 2.75) is 58.7 Å². The van der Waals surface area contributed by atoms with Crippen molar-refractivity contribution in [3.05, 3.63) is 101 Å². The molecule has 3 aromatic rings. The molecule has 0 saturated heterocycles. The summed E-state index contributed by atoms with van der Waals surface area (Å²) in [4.78, 5) is 28.1. The van der Waals surface area contributed by atoms with E-state index in [0.717, 1.165) is 23.1 Å². The van der Waals surface area contributed by atoms with Gasteiger partial charge in [0.1, 0.15) is 5.75 Å². The van der Waals surface area contributed by atoms with Crippen molar-refractivity contribution in [1.82, 2.24) is 10.2 Å². The average Bonchev–Trinajstić information content (AvgIpc) is 2.90. The predicted octanol–water partition coefficient (Wildman–Crippen LogP) is 5.68. The van der Waals surface area contributed by atoms with Crippen LogP contribution in [0.2, 0.25) is 0 Å². The minimum absolute atomic E-state index is 0.132. The summed E-state index contributed by atoms with van der Waals surface area (Å²) < 4.78 is 6.21. The molecule has 1 N–H and O–H groups in total. The second kappa shape index (κ2) is 11.9. The van der Waals surface area contributed by atoms with Crippen molar-refractivity contribution in [3.63, 3.8) is 0 Å². The van der Waals surface area contributed by atoms with Crippen molar-refractivity contribution < 1.29 is 14.3 Å². The van der Waals surface area contributed by atoms with Gasteiger partial charge in [-0.2, -0.15) is 0 Å². The molecule has 0 spiro atoms. The largest absolute Gasteiger partial charge is 0.481 e. The van der Waals surface area contributed by atoms with Crippen molar-refractivity contribution in [2.24, 2.45) is 5.92 Å². The second-order valence-corrected chi connectivity index (χ2v) is 9.83. The molecule has 0 bridgehead atoms. The summed E-state index contributed by atoms with van der Waals surface area (Å²) in [6.07, 6.45) is 1.29. The van der Waals surface area contributed by atoms with Crippen LogP contribution < -0.4 is 10.1 Å². The number of ether oxygens (including phenoxy) is 1. The van der Waals surface area contributed by atoms with E-state index in [1.54, 1.807) is 0 Å². The molecule has 36 heavy (non-hydrogen) atoms. The summed E-state index contributed by atoms with van der Waals surface area (Å²) in [6.45, 7) is 7.26. The van der Waals surface area contributed by atoms with Crippen LogP contribution in [-0.4, -0.2) is 29.4 Å². The van der Waals surface area contributed by atoms with E-state index in [0.29, 0.717) is 37.6 Å². The van der Waals surface area contributed by atoms with Crippen LogP contribution >= 0.6 is 0 Å². The molecular formula is C31H36N2O3. The minimum atomic E-state index is -0.593. The fourth-order valence-electron chi connectivity index (χ4n) is 4.78. The molecule has 1 heterocycles. The van der Waals surface area contributed by atoms with Gasteiger partial charge in [-0.25, -0.2) is 0 Å². The second-order valence-electron chi connectivity index (χ2n) is 9.83. The normalized spacial score (nSPS) is 15.8. The highest BCUT2D eigenvalue weighted by atomic mass is 16.5. The van der Waals surface area contributed by atoms with E-state index in [9.17, 15) is 9.59 Å². The van der Waals surface area contributed by atoms with E-state index in [1.807, 2.05) is 72.5 Å². The predicted molar refractivity (Wildman–Crippen MR) is 143 cm³/mol. The Kier molecular flexibility index (Phi) is 8.42. The van der Waals surface area contributed by atoms with E-state index in [1.165, 1.54) is 5.56 Å². The first kappa shape index (κ1) is 25.5. The molecule has 2 amide bonds. The summed E-state index contributed by atoms with van der Waals surface area (Å²) in [5, 5.41) is 2.99. The van der Waals surface area contributed by atoms with Crippen molar-refractivity contribution in [2.75, 3.05) is 6.54 Å². The Hall–Kier alpha value is -3.60. The van der Waals surface area contributed by atoms with Gasteiger partial charge in [0.25, 0.3) is 5.91 Å². The van der Waals surface area contributed by atoms with Crippen LogP contribution in [0.25, 0.3) is 0 Å². The van der Waals surface area contributed by atoms with Crippen LogP contribution in [0, 0.1) is 5.92 Å². The molecule has 1 aliphatic rings. The molecule has 5 heteroatoms. The van der Waals surface area contributed by atoms with E-state index >= 15 is 0 Å². The highest BCUT2D eigenvalue weighted by Gasteiger charge is 2.32. The highest BCUT2D eigenvalue weighted by molar-refractivity contribution is 5.81. The lowest BCUT2D eigenvalue weighted by atomic mass is 9.87. The zero-order chi connectivity index (χ0) is 25.5. The van der Waals surface area contributed by atoms with Gasteiger partial charge in [-0.3, -0.25) is 9.59 Å². The molecule has 2 atom stereocenters. The Morgan fingerprint density at radius 3 is 2.36 bits per heavy atom. The lowest BCUT2D eigenvalue weighted by molar-refractivity contribution is -0.134. The number of hydrogen-bond acceptors (Lipinski definition) is 3. The van der Waals surface area contributed by atoms with Gasteiger partial charge < -0.3 is 15.0 Å². The van der Waals surface area contributed by atoms with Gasteiger partial charge in [0.05, 0.1) is 6.04 Å². The Morgan fingerprint density at radius 2 is 1.69 bits per heavy atom. The number of nitrogens with one attached hydrogen (secondary N) is 1. The third kappa shape index (κ3) is 6.14. The van der Waals surface area contributed by atoms with Crippen molar-refractivity contribution >= 4 is 11.8 Å². The number of carbonyl (C=O) groups excluding carboxylic acids is 2. The zero-order valence-electron chi connectivity index (χ0n) is 21.4. The van der Waals surface area contributed by atoms with E-state index in [-0.39, 0.29) is 17.9 Å². The number of nitrogens with zero attached hydrogens (tertiary/aromatic N) is 1. The number of hydrogen-bond donors (Lipinski definition) is 1. The molecule has 188 valence electrons. The number of amides is 2. The van der Waals surface area contributed by atoms with E-state index in [4.69, 9.17) is 4.74 Å². The monoisotopic (exact) mass is 484 g/mol. The fourth-order valence-corrected chi connectivity index (χ4v) is 4.78. The first-order valence-corrected chi connectivity index (χ1v) is 12.9. The van der Waals surface area contributed by atoms with Gasteiger partial charge >= 0.3 is 0 Å². The molecule has 0 saturated carbocycles. The summed E-state index contributed by atoms with van der Waals surface area (Å²) in [7, 11) is 0. The lowest BCUT2D eigenvalue weighted by Crippen LogP contribution is -2.41.